The summed E-state index contributed by atoms with van der Waals surface area (Å²) < 4.78 is 4.71. The Bertz CT molecular complexity index is 6930. The van der Waals surface area contributed by atoms with Gasteiger partial charge in [0, 0.05) is 164 Å². The van der Waals surface area contributed by atoms with Gasteiger partial charge >= 0.3 is 0 Å². The second-order valence-corrected chi connectivity index (χ2v) is 30.5. The van der Waals surface area contributed by atoms with Gasteiger partial charge in [0.2, 0.25) is 0 Å². The maximum Gasteiger partial charge on any atom is 0.0524 e. The summed E-state index contributed by atoms with van der Waals surface area (Å²) in [7, 11) is 0. The molecule has 0 amide bonds. The van der Waals surface area contributed by atoms with Crippen molar-refractivity contribution in [3.05, 3.63) is 477 Å². The molecule has 0 aliphatic carbocycles. The summed E-state index contributed by atoms with van der Waals surface area (Å²) in [5.41, 5.74) is 36.1. The van der Waals surface area contributed by atoms with Crippen molar-refractivity contribution in [3.63, 3.8) is 0 Å². The van der Waals surface area contributed by atoms with E-state index in [1.165, 1.54) is 122 Å². The van der Waals surface area contributed by atoms with Gasteiger partial charge in [-0.1, -0.05) is 243 Å². The SMILES string of the molecule is Cc1ccc(-c2[c-]cc(-n3c4ccc(-c5ccccc5)cc4c4cc(-c5ccccc5)ccc43)cc2)nc1.Cc1ccc(-c2[c-]ccc(-n3c4ccc(-c5ccccc5)cc4c4cc(-c5ccccc5)ccc43)c2)nc1.Cc1ccc(-c2[c-]ccc(C)c2)nc1.Cc1ccc(-c2[c-]cccc2)nc1.Cc1ccnc(-c2[c-]ccc(-c3ccccc3)c2)c1.[Ir].[Ir].[Ir].[Ir].[Ir]. The minimum absolute atomic E-state index is 0. The number of aromatic nitrogens is 7. The molecule has 7 aromatic heterocycles. The van der Waals surface area contributed by atoms with E-state index in [0.29, 0.717) is 0 Å². The van der Waals surface area contributed by atoms with Crippen molar-refractivity contribution in [1.82, 2.24) is 34.1 Å². The molecule has 0 saturated heterocycles. The molecule has 0 aliphatic heterocycles. The van der Waals surface area contributed by atoms with Gasteiger partial charge in [0.05, 0.1) is 11.0 Å². The number of hydrogen-bond acceptors (Lipinski definition) is 5. The first-order valence-electron chi connectivity index (χ1n) is 41.0. The third-order valence-electron chi connectivity index (χ3n) is 21.6. The van der Waals surface area contributed by atoms with Crippen molar-refractivity contribution in [1.29, 1.82) is 0 Å². The summed E-state index contributed by atoms with van der Waals surface area (Å²) in [6.45, 7) is 12.3. The number of pyridine rings is 5. The zero-order chi connectivity index (χ0) is 83.1. The van der Waals surface area contributed by atoms with Gasteiger partial charge in [0.15, 0.2) is 0 Å². The molecule has 0 unspecified atom stereocenters. The second-order valence-electron chi connectivity index (χ2n) is 30.5. The molecule has 21 rings (SSSR count). The Kier molecular flexibility index (Phi) is 33.0. The maximum atomic E-state index is 4.65. The molecule has 12 heteroatoms. The summed E-state index contributed by atoms with van der Waals surface area (Å²) >= 11 is 0. The molecular weight excluding hydrogens is 2440 g/mol. The monoisotopic (exact) mass is 2530 g/mol. The van der Waals surface area contributed by atoms with E-state index in [1.807, 2.05) is 118 Å². The number of aryl methyl sites for hydroxylation is 6. The van der Waals surface area contributed by atoms with Crippen LogP contribution in [0.5, 0.6) is 0 Å². The van der Waals surface area contributed by atoms with Crippen molar-refractivity contribution in [2.45, 2.75) is 41.5 Å². The Labute approximate surface area is 812 Å². The Morgan fingerprint density at radius 3 is 0.882 bits per heavy atom. The molecule has 0 N–H and O–H groups in total. The molecule has 7 heterocycles. The van der Waals surface area contributed by atoms with Crippen LogP contribution in [-0.2, 0) is 101 Å². The second kappa shape index (κ2) is 44.7. The molecule has 0 bridgehead atoms. The number of fused-ring (bicyclic) bond motifs is 6. The fourth-order valence-corrected chi connectivity index (χ4v) is 15.2. The average molecular weight is 2530 g/mol. The predicted octanol–water partition coefficient (Wildman–Crippen LogP) is 29.1. The number of benzene rings is 14. The molecule has 631 valence electrons. The van der Waals surface area contributed by atoms with Crippen molar-refractivity contribution >= 4 is 43.6 Å². The van der Waals surface area contributed by atoms with Crippen molar-refractivity contribution in [2.75, 3.05) is 0 Å². The van der Waals surface area contributed by atoms with Crippen LogP contribution in [0.2, 0.25) is 0 Å². The smallest absolute Gasteiger partial charge is 0.0524 e. The van der Waals surface area contributed by atoms with Crippen molar-refractivity contribution in [2.24, 2.45) is 0 Å². The topological polar surface area (TPSA) is 74.3 Å². The van der Waals surface area contributed by atoms with E-state index >= 15 is 0 Å². The van der Waals surface area contributed by atoms with Crippen LogP contribution in [0.3, 0.4) is 0 Å². The molecule has 14 aromatic carbocycles. The van der Waals surface area contributed by atoms with E-state index in [1.54, 1.807) is 0 Å². The van der Waals surface area contributed by atoms with Crippen molar-refractivity contribution < 1.29 is 101 Å². The summed E-state index contributed by atoms with van der Waals surface area (Å²) in [6.07, 6.45) is 9.40. The van der Waals surface area contributed by atoms with Crippen LogP contribution in [0.4, 0.5) is 0 Å². The van der Waals surface area contributed by atoms with Crippen molar-refractivity contribution in [3.8, 4) is 123 Å². The fraction of sp³-hybridized carbons (Fsp3) is 0.0522. The summed E-state index contributed by atoms with van der Waals surface area (Å²) in [5.74, 6) is 0. The predicted molar refractivity (Wildman–Crippen MR) is 507 cm³/mol. The molecule has 0 fully saturated rings. The van der Waals surface area contributed by atoms with Crippen LogP contribution < -0.4 is 0 Å². The van der Waals surface area contributed by atoms with Gasteiger partial charge in [-0.05, 0) is 201 Å². The van der Waals surface area contributed by atoms with Crippen LogP contribution in [-0.4, -0.2) is 34.1 Å². The van der Waals surface area contributed by atoms with E-state index < -0.39 is 0 Å². The van der Waals surface area contributed by atoms with E-state index in [9.17, 15) is 0 Å². The van der Waals surface area contributed by atoms with E-state index in [-0.39, 0.29) is 101 Å². The first-order chi connectivity index (χ1) is 59.9. The fourth-order valence-electron chi connectivity index (χ4n) is 15.2. The van der Waals surface area contributed by atoms with Gasteiger partial charge in [-0.25, -0.2) is 0 Å². The summed E-state index contributed by atoms with van der Waals surface area (Å²) in [4.78, 5) is 22.3. The Morgan fingerprint density at radius 2 is 0.528 bits per heavy atom. The maximum absolute atomic E-state index is 4.65. The number of hydrogen-bond donors (Lipinski definition) is 0. The summed E-state index contributed by atoms with van der Waals surface area (Å²) in [5, 5.41) is 4.95. The quantitative estimate of drug-likeness (QED) is 0.114. The van der Waals surface area contributed by atoms with Crippen LogP contribution in [0.15, 0.2) is 413 Å². The molecule has 21 aromatic rings. The first-order valence-corrected chi connectivity index (χ1v) is 41.0. The molecule has 0 saturated carbocycles. The third-order valence-corrected chi connectivity index (χ3v) is 21.6. The Morgan fingerprint density at radius 1 is 0.197 bits per heavy atom. The zero-order valence-electron chi connectivity index (χ0n) is 70.6. The largest absolute Gasteiger partial charge is 0.351 e. The average Bonchev–Trinajstić information content (AvgIpc) is 1.59. The molecule has 127 heavy (non-hydrogen) atoms. The van der Waals surface area contributed by atoms with Gasteiger partial charge in [-0.2, -0.15) is 0 Å². The van der Waals surface area contributed by atoms with E-state index in [2.05, 4.69) is 401 Å². The van der Waals surface area contributed by atoms with Crippen LogP contribution in [0.1, 0.15) is 33.4 Å². The van der Waals surface area contributed by atoms with Gasteiger partial charge in [0.1, 0.15) is 0 Å². The van der Waals surface area contributed by atoms with Gasteiger partial charge in [-0.3, -0.25) is 0 Å². The van der Waals surface area contributed by atoms with Crippen LogP contribution >= 0.6 is 0 Å². The standard InChI is InChI=1S/2C36H25N2.C18H14N.C13H12N.C12H10N.5Ir/c1-25-15-18-34(37-24-25)30-13-8-14-31(21-30)38-35-19-16-28(26-9-4-2-5-10-26)22-32(35)33-23-29(17-20-36(33)38)27-11-6-3-7-12-27;1-25-12-19-34(37-24-25)28-13-17-31(18-14-28)38-35-20-15-29(26-8-4-2-5-9-26)22-32(35)33-23-30(16-21-36(33)38)27-10-6-3-7-11-27;1-14-10-11-19-18(12-14)17-9-5-8-16(13-17)15-6-3-2-4-7-15;1-10-4-3-5-12(8-10)13-7-6-11(2)9-14-13;1-10-7-8-12(13-9-10)11-5-3-2-4-6-11;;;;;/h2-12,14-24H,1H3;2-13,15-24H,1H3;2-8,10-13H,1H3;3-4,6-9H,1-2H3;2-5,7-9H,1H3;;;;;/q5*-1;;;;;. The van der Waals surface area contributed by atoms with Crippen LogP contribution in [0.25, 0.3) is 167 Å². The minimum atomic E-state index is 0. The molecular formula is C115H86Ir5N7-5. The first kappa shape index (κ1) is 93.8. The molecule has 7 nitrogen and oxygen atoms in total. The Hall–Kier alpha value is -12.3. The van der Waals surface area contributed by atoms with E-state index in [0.717, 1.165) is 78.8 Å². The number of nitrogens with zero attached hydrogens (tertiary/aromatic N) is 7. The minimum Gasteiger partial charge on any atom is -0.351 e. The summed E-state index contributed by atoms with van der Waals surface area (Å²) in [6, 6.07) is 150. The molecule has 0 atom stereocenters. The van der Waals surface area contributed by atoms with Crippen LogP contribution in [0, 0.1) is 71.9 Å². The third kappa shape index (κ3) is 22.7. The van der Waals surface area contributed by atoms with Gasteiger partial charge in [0.25, 0.3) is 0 Å². The van der Waals surface area contributed by atoms with Gasteiger partial charge in [-0.15, -0.1) is 166 Å². The molecule has 5 radical (unpaired) electrons. The van der Waals surface area contributed by atoms with E-state index in [4.69, 9.17) is 0 Å². The molecule has 0 spiro atoms. The molecule has 0 aliphatic rings. The van der Waals surface area contributed by atoms with Gasteiger partial charge < -0.3 is 34.1 Å². The zero-order valence-corrected chi connectivity index (χ0v) is 82.5. The normalized spacial score (nSPS) is 10.4. The number of rotatable bonds is 12. The Balaban J connectivity index is 0.000000153.